The minimum atomic E-state index is -3.90. The van der Waals surface area contributed by atoms with E-state index in [0.29, 0.717) is 5.56 Å². The highest BCUT2D eigenvalue weighted by atomic mass is 32.2. The Morgan fingerprint density at radius 2 is 1.18 bits per heavy atom. The number of rotatable bonds is 5. The predicted molar refractivity (Wildman–Crippen MR) is 128 cm³/mol. The molecule has 1 aliphatic rings. The quantitative estimate of drug-likeness (QED) is 0.545. The van der Waals surface area contributed by atoms with Crippen LogP contribution in [0.25, 0.3) is 0 Å². The first kappa shape index (κ1) is 23.2. The van der Waals surface area contributed by atoms with Crippen molar-refractivity contribution >= 4 is 20.0 Å². The summed E-state index contributed by atoms with van der Waals surface area (Å²) in [4.78, 5) is 0.313. The van der Waals surface area contributed by atoms with Crippen molar-refractivity contribution in [2.75, 3.05) is 13.1 Å². The molecule has 1 unspecified atom stereocenters. The fourth-order valence-electron chi connectivity index (χ4n) is 3.98. The largest absolute Gasteiger partial charge is 0.267 e. The summed E-state index contributed by atoms with van der Waals surface area (Å²) >= 11 is 0. The molecule has 0 bridgehead atoms. The summed E-state index contributed by atoms with van der Waals surface area (Å²) < 4.78 is 56.7. The molecule has 0 aromatic heterocycles. The molecule has 0 saturated carbocycles. The number of aryl methyl sites for hydroxylation is 2. The summed E-state index contributed by atoms with van der Waals surface area (Å²) in [7, 11) is -7.79. The van der Waals surface area contributed by atoms with E-state index in [1.54, 1.807) is 72.8 Å². The van der Waals surface area contributed by atoms with Gasteiger partial charge in [-0.15, -0.1) is 0 Å². The van der Waals surface area contributed by atoms with E-state index in [1.165, 1.54) is 8.61 Å². The van der Waals surface area contributed by atoms with Gasteiger partial charge in [0.2, 0.25) is 10.0 Å². The number of sulfonamides is 2. The lowest BCUT2D eigenvalue weighted by Crippen LogP contribution is -2.50. The maximum absolute atomic E-state index is 13.6. The molecule has 0 N–H and O–H groups in total. The lowest BCUT2D eigenvalue weighted by Gasteiger charge is -2.42. The molecule has 0 aliphatic carbocycles. The average molecular weight is 483 g/mol. The lowest BCUT2D eigenvalue weighted by atomic mass is 10.0. The fraction of sp³-hybridized carbons (Fsp3) is 0.200. The van der Waals surface area contributed by atoms with Crippen molar-refractivity contribution in [2.24, 2.45) is 0 Å². The molecular weight excluding hydrogens is 456 g/mol. The second-order valence-corrected chi connectivity index (χ2v) is 11.9. The van der Waals surface area contributed by atoms with Crippen LogP contribution in [-0.2, 0) is 20.0 Å². The van der Waals surface area contributed by atoms with E-state index in [1.807, 2.05) is 19.9 Å². The Hall–Kier alpha value is -2.94. The van der Waals surface area contributed by atoms with E-state index >= 15 is 0 Å². The normalized spacial score (nSPS) is 17.8. The van der Waals surface area contributed by atoms with Crippen LogP contribution in [0.5, 0.6) is 0 Å². The van der Waals surface area contributed by atoms with Crippen LogP contribution in [0.2, 0.25) is 0 Å². The smallest absolute Gasteiger partial charge is 0.264 e. The van der Waals surface area contributed by atoms with Crippen LogP contribution in [0.3, 0.4) is 0 Å². The highest BCUT2D eigenvalue weighted by Crippen LogP contribution is 2.39. The second-order valence-electron chi connectivity index (χ2n) is 8.12. The Morgan fingerprint density at radius 1 is 0.697 bits per heavy atom. The molecule has 3 aromatic rings. The SMILES string of the molecule is C=C1C(c2ccccc2)N(S(=O)(=O)c2ccc(C)cc2)CCN1S(=O)(=O)c1ccc(C)cc1. The highest BCUT2D eigenvalue weighted by molar-refractivity contribution is 7.89. The highest BCUT2D eigenvalue weighted by Gasteiger charge is 2.43. The molecule has 8 heteroatoms. The van der Waals surface area contributed by atoms with Gasteiger partial charge in [-0.1, -0.05) is 72.3 Å². The number of hydrogen-bond donors (Lipinski definition) is 0. The maximum Gasteiger partial charge on any atom is 0.264 e. The third kappa shape index (κ3) is 4.34. The van der Waals surface area contributed by atoms with Gasteiger partial charge in [-0.2, -0.15) is 4.31 Å². The molecule has 0 radical (unpaired) electrons. The van der Waals surface area contributed by atoms with Gasteiger partial charge in [0.05, 0.1) is 15.8 Å². The van der Waals surface area contributed by atoms with Gasteiger partial charge in [-0.05, 0) is 43.7 Å². The summed E-state index contributed by atoms with van der Waals surface area (Å²) in [6.45, 7) is 7.82. The Labute approximate surface area is 195 Å². The number of hydrogen-bond acceptors (Lipinski definition) is 4. The Kier molecular flexibility index (Phi) is 6.18. The predicted octanol–water partition coefficient (Wildman–Crippen LogP) is 4.25. The monoisotopic (exact) mass is 482 g/mol. The van der Waals surface area contributed by atoms with Crippen LogP contribution in [0.1, 0.15) is 22.7 Å². The number of piperazine rings is 1. The average Bonchev–Trinajstić information content (AvgIpc) is 2.80. The third-order valence-corrected chi connectivity index (χ3v) is 9.54. The Bertz CT molecular complexity index is 1370. The molecule has 33 heavy (non-hydrogen) atoms. The van der Waals surface area contributed by atoms with Crippen molar-refractivity contribution in [3.05, 3.63) is 108 Å². The molecule has 3 aromatic carbocycles. The van der Waals surface area contributed by atoms with Crippen molar-refractivity contribution in [1.29, 1.82) is 0 Å². The fourth-order valence-corrected chi connectivity index (χ4v) is 7.03. The van der Waals surface area contributed by atoms with Gasteiger partial charge in [0.15, 0.2) is 0 Å². The first-order valence-electron chi connectivity index (χ1n) is 10.5. The van der Waals surface area contributed by atoms with Crippen LogP contribution in [0, 0.1) is 13.8 Å². The molecule has 1 heterocycles. The summed E-state index contributed by atoms with van der Waals surface area (Å²) in [6.07, 6.45) is 0. The van der Waals surface area contributed by atoms with Crippen LogP contribution in [0.15, 0.2) is 101 Å². The van der Waals surface area contributed by atoms with E-state index in [4.69, 9.17) is 0 Å². The van der Waals surface area contributed by atoms with Gasteiger partial charge in [-0.3, -0.25) is 4.31 Å². The van der Waals surface area contributed by atoms with Gasteiger partial charge >= 0.3 is 0 Å². The molecule has 0 spiro atoms. The van der Waals surface area contributed by atoms with Crippen molar-refractivity contribution in [3.63, 3.8) is 0 Å². The molecule has 172 valence electrons. The van der Waals surface area contributed by atoms with Crippen molar-refractivity contribution < 1.29 is 16.8 Å². The topological polar surface area (TPSA) is 74.8 Å². The summed E-state index contributed by atoms with van der Waals surface area (Å²) in [6, 6.07) is 21.4. The maximum atomic E-state index is 13.6. The zero-order valence-electron chi connectivity index (χ0n) is 18.5. The summed E-state index contributed by atoms with van der Waals surface area (Å²) in [5.74, 6) is 0. The van der Waals surface area contributed by atoms with Crippen LogP contribution in [0.4, 0.5) is 0 Å². The zero-order valence-corrected chi connectivity index (χ0v) is 20.2. The van der Waals surface area contributed by atoms with Gasteiger partial charge in [-0.25, -0.2) is 16.8 Å². The lowest BCUT2D eigenvalue weighted by molar-refractivity contribution is 0.254. The molecule has 1 saturated heterocycles. The Morgan fingerprint density at radius 3 is 1.70 bits per heavy atom. The second kappa shape index (κ2) is 8.78. The van der Waals surface area contributed by atoms with Crippen LogP contribution >= 0.6 is 0 Å². The minimum Gasteiger partial charge on any atom is -0.267 e. The minimum absolute atomic E-state index is 0.000117. The van der Waals surface area contributed by atoms with E-state index in [-0.39, 0.29) is 28.6 Å². The van der Waals surface area contributed by atoms with Crippen LogP contribution < -0.4 is 0 Å². The Balaban J connectivity index is 1.78. The van der Waals surface area contributed by atoms with Gasteiger partial charge in [0, 0.05) is 18.8 Å². The van der Waals surface area contributed by atoms with E-state index in [0.717, 1.165) is 11.1 Å². The van der Waals surface area contributed by atoms with E-state index < -0.39 is 26.1 Å². The standard InChI is InChI=1S/C25H26N2O4S2/c1-19-9-13-23(14-10-19)32(28,29)26-17-18-27(25(21(26)3)22-7-5-4-6-8-22)33(30,31)24-15-11-20(2)12-16-24/h4-16,25H,3,17-18H2,1-2H3. The molecule has 4 rings (SSSR count). The molecular formula is C25H26N2O4S2. The first-order valence-corrected chi connectivity index (χ1v) is 13.4. The number of nitrogens with zero attached hydrogens (tertiary/aromatic N) is 2. The van der Waals surface area contributed by atoms with Crippen molar-refractivity contribution in [2.45, 2.75) is 29.7 Å². The van der Waals surface area contributed by atoms with Gasteiger partial charge < -0.3 is 0 Å². The van der Waals surface area contributed by atoms with Gasteiger partial charge in [0.1, 0.15) is 0 Å². The molecule has 1 aliphatic heterocycles. The van der Waals surface area contributed by atoms with Gasteiger partial charge in [0.25, 0.3) is 10.0 Å². The number of benzene rings is 3. The molecule has 6 nitrogen and oxygen atoms in total. The molecule has 0 amide bonds. The molecule has 1 fully saturated rings. The zero-order chi connectivity index (χ0) is 23.8. The third-order valence-electron chi connectivity index (χ3n) is 5.80. The van der Waals surface area contributed by atoms with E-state index in [2.05, 4.69) is 6.58 Å². The van der Waals surface area contributed by atoms with E-state index in [9.17, 15) is 16.8 Å². The summed E-state index contributed by atoms with van der Waals surface area (Å²) in [5.41, 5.74) is 2.75. The first-order chi connectivity index (χ1) is 15.6. The van der Waals surface area contributed by atoms with Crippen molar-refractivity contribution in [1.82, 2.24) is 8.61 Å². The van der Waals surface area contributed by atoms with Crippen molar-refractivity contribution in [3.8, 4) is 0 Å². The van der Waals surface area contributed by atoms with Crippen LogP contribution in [-0.4, -0.2) is 38.5 Å². The summed E-state index contributed by atoms with van der Waals surface area (Å²) in [5, 5.41) is 0. The molecule has 1 atom stereocenters.